The first-order valence-electron chi connectivity index (χ1n) is 8.03. The summed E-state index contributed by atoms with van der Waals surface area (Å²) in [6.07, 6.45) is 0.643. The molecule has 1 fully saturated rings. The summed E-state index contributed by atoms with van der Waals surface area (Å²) in [5.74, 6) is -0.383. The molecule has 1 aromatic carbocycles. The molecular weight excluding hydrogens is 384 g/mol. The van der Waals surface area contributed by atoms with Gasteiger partial charge in [-0.2, -0.15) is 4.31 Å². The van der Waals surface area contributed by atoms with Crippen LogP contribution in [-0.2, 0) is 19.6 Å². The van der Waals surface area contributed by atoms with Gasteiger partial charge in [-0.1, -0.05) is 18.2 Å². The quantitative estimate of drug-likeness (QED) is 0.636. The normalized spacial score (nSPS) is 18.3. The predicted molar refractivity (Wildman–Crippen MR) is 99.4 cm³/mol. The number of halogens is 1. The third-order valence-corrected chi connectivity index (χ3v) is 5.05. The fraction of sp³-hybridized carbons (Fsp3) is 0.562. The number of hydrogen-bond donors (Lipinski definition) is 1. The first-order chi connectivity index (χ1) is 11.8. The SMILES string of the molecule is CS(=O)(=O)N(CC(=O)O)CC1CN(CCOc2ccccc2)CCO1.Cl. The van der Waals surface area contributed by atoms with E-state index in [0.29, 0.717) is 26.3 Å². The Morgan fingerprint density at radius 2 is 2.08 bits per heavy atom. The smallest absolute Gasteiger partial charge is 0.318 e. The maximum atomic E-state index is 11.7. The van der Waals surface area contributed by atoms with Crippen LogP contribution in [0.15, 0.2) is 30.3 Å². The van der Waals surface area contributed by atoms with E-state index in [1.54, 1.807) is 0 Å². The lowest BCUT2D eigenvalue weighted by Gasteiger charge is -2.34. The van der Waals surface area contributed by atoms with Gasteiger partial charge in [0.2, 0.25) is 10.0 Å². The van der Waals surface area contributed by atoms with Crippen LogP contribution >= 0.6 is 12.4 Å². The number of benzene rings is 1. The summed E-state index contributed by atoms with van der Waals surface area (Å²) in [4.78, 5) is 13.0. The van der Waals surface area contributed by atoms with Crippen LogP contribution in [0.1, 0.15) is 0 Å². The molecule has 0 spiro atoms. The monoisotopic (exact) mass is 408 g/mol. The van der Waals surface area contributed by atoms with E-state index in [1.165, 1.54) is 0 Å². The molecule has 0 aliphatic carbocycles. The van der Waals surface area contributed by atoms with E-state index in [9.17, 15) is 13.2 Å². The lowest BCUT2D eigenvalue weighted by Crippen LogP contribution is -2.50. The number of ether oxygens (including phenoxy) is 2. The average molecular weight is 409 g/mol. The Morgan fingerprint density at radius 1 is 1.38 bits per heavy atom. The average Bonchev–Trinajstić information content (AvgIpc) is 2.54. The van der Waals surface area contributed by atoms with E-state index in [2.05, 4.69) is 4.90 Å². The van der Waals surface area contributed by atoms with Crippen molar-refractivity contribution in [3.63, 3.8) is 0 Å². The van der Waals surface area contributed by atoms with Gasteiger partial charge < -0.3 is 14.6 Å². The van der Waals surface area contributed by atoms with E-state index in [1.807, 2.05) is 30.3 Å². The van der Waals surface area contributed by atoms with Crippen LogP contribution in [0.25, 0.3) is 0 Å². The van der Waals surface area contributed by atoms with Gasteiger partial charge in [-0.25, -0.2) is 8.42 Å². The molecule has 2 rings (SSSR count). The predicted octanol–water partition coefficient (Wildman–Crippen LogP) is 0.534. The van der Waals surface area contributed by atoms with E-state index in [-0.39, 0.29) is 25.1 Å². The highest BCUT2D eigenvalue weighted by Gasteiger charge is 2.27. The first-order valence-corrected chi connectivity index (χ1v) is 9.88. The summed E-state index contributed by atoms with van der Waals surface area (Å²) in [6.45, 7) is 2.40. The van der Waals surface area contributed by atoms with Gasteiger partial charge in [-0.3, -0.25) is 9.69 Å². The van der Waals surface area contributed by atoms with Crippen molar-refractivity contribution < 1.29 is 27.8 Å². The van der Waals surface area contributed by atoms with Crippen LogP contribution in [-0.4, -0.2) is 87.0 Å². The second-order valence-electron chi connectivity index (χ2n) is 5.90. The summed E-state index contributed by atoms with van der Waals surface area (Å²) in [5.41, 5.74) is 0. The topological polar surface area (TPSA) is 96.4 Å². The van der Waals surface area contributed by atoms with Gasteiger partial charge in [-0.05, 0) is 12.1 Å². The van der Waals surface area contributed by atoms with Crippen LogP contribution in [0.3, 0.4) is 0 Å². The fourth-order valence-electron chi connectivity index (χ4n) is 2.60. The van der Waals surface area contributed by atoms with Crippen molar-refractivity contribution in [2.24, 2.45) is 0 Å². The third-order valence-electron chi connectivity index (χ3n) is 3.83. The van der Waals surface area contributed by atoms with Gasteiger partial charge in [0.25, 0.3) is 0 Å². The number of para-hydroxylation sites is 1. The van der Waals surface area contributed by atoms with E-state index < -0.39 is 22.5 Å². The minimum absolute atomic E-state index is 0. The highest BCUT2D eigenvalue weighted by molar-refractivity contribution is 7.88. The zero-order valence-corrected chi connectivity index (χ0v) is 16.2. The number of carbonyl (C=O) groups is 1. The van der Waals surface area contributed by atoms with Gasteiger partial charge in [0, 0.05) is 26.2 Å². The number of hydrogen-bond acceptors (Lipinski definition) is 6. The molecule has 148 valence electrons. The molecule has 8 nitrogen and oxygen atoms in total. The molecule has 26 heavy (non-hydrogen) atoms. The van der Waals surface area contributed by atoms with Gasteiger partial charge in [-0.15, -0.1) is 12.4 Å². The molecule has 1 saturated heterocycles. The molecule has 1 atom stereocenters. The number of aliphatic carboxylic acids is 1. The second-order valence-corrected chi connectivity index (χ2v) is 7.89. The van der Waals surface area contributed by atoms with Gasteiger partial charge >= 0.3 is 5.97 Å². The van der Waals surface area contributed by atoms with Crippen molar-refractivity contribution in [1.29, 1.82) is 0 Å². The van der Waals surface area contributed by atoms with E-state index in [0.717, 1.165) is 22.9 Å². The van der Waals surface area contributed by atoms with E-state index in [4.69, 9.17) is 14.6 Å². The Kier molecular flexibility index (Phi) is 9.31. The summed E-state index contributed by atoms with van der Waals surface area (Å²) in [6, 6.07) is 9.50. The summed E-state index contributed by atoms with van der Waals surface area (Å²) >= 11 is 0. The Bertz CT molecular complexity index is 658. The molecule has 1 heterocycles. The Labute approximate surface area is 160 Å². The summed E-state index contributed by atoms with van der Waals surface area (Å²) < 4.78 is 35.6. The Morgan fingerprint density at radius 3 is 2.69 bits per heavy atom. The molecule has 0 amide bonds. The van der Waals surface area contributed by atoms with Crippen LogP contribution in [0, 0.1) is 0 Å². The maximum Gasteiger partial charge on any atom is 0.318 e. The molecule has 0 bridgehead atoms. The van der Waals surface area contributed by atoms with Crippen molar-refractivity contribution in [3.8, 4) is 5.75 Å². The zero-order chi connectivity index (χ0) is 18.3. The molecule has 0 aromatic heterocycles. The number of carboxylic acid groups (broad SMARTS) is 1. The molecule has 1 aromatic rings. The minimum Gasteiger partial charge on any atom is -0.492 e. The van der Waals surface area contributed by atoms with Crippen LogP contribution < -0.4 is 4.74 Å². The third kappa shape index (κ3) is 7.88. The molecule has 1 aliphatic rings. The number of morpholine rings is 1. The highest BCUT2D eigenvalue weighted by atomic mass is 35.5. The molecule has 0 radical (unpaired) electrons. The molecule has 0 saturated carbocycles. The Balaban J connectivity index is 0.00000338. The van der Waals surface area contributed by atoms with Crippen LogP contribution in [0.2, 0.25) is 0 Å². The van der Waals surface area contributed by atoms with Crippen molar-refractivity contribution >= 4 is 28.4 Å². The standard InChI is InChI=1S/C16H24N2O6S.ClH/c1-25(21,22)18(13-16(19)20)12-15-11-17(8-10-24-15)7-9-23-14-5-3-2-4-6-14;/h2-6,15H,7-13H2,1H3,(H,19,20);1H. The summed E-state index contributed by atoms with van der Waals surface area (Å²) in [5, 5.41) is 8.88. The van der Waals surface area contributed by atoms with Crippen molar-refractivity contribution in [1.82, 2.24) is 9.21 Å². The molecule has 1 unspecified atom stereocenters. The van der Waals surface area contributed by atoms with Crippen molar-refractivity contribution in [3.05, 3.63) is 30.3 Å². The number of sulfonamides is 1. The van der Waals surface area contributed by atoms with Crippen LogP contribution in [0.4, 0.5) is 0 Å². The fourth-order valence-corrected chi connectivity index (χ4v) is 3.38. The molecule has 1 N–H and O–H groups in total. The van der Waals surface area contributed by atoms with Crippen molar-refractivity contribution in [2.75, 3.05) is 52.2 Å². The lowest BCUT2D eigenvalue weighted by molar-refractivity contribution is -0.137. The van der Waals surface area contributed by atoms with Crippen LogP contribution in [0.5, 0.6) is 5.75 Å². The zero-order valence-electron chi connectivity index (χ0n) is 14.6. The number of rotatable bonds is 9. The van der Waals surface area contributed by atoms with Crippen molar-refractivity contribution in [2.45, 2.75) is 6.10 Å². The number of nitrogens with zero attached hydrogens (tertiary/aromatic N) is 2. The summed E-state index contributed by atoms with van der Waals surface area (Å²) in [7, 11) is -3.60. The Hall–Kier alpha value is -1.39. The van der Waals surface area contributed by atoms with E-state index >= 15 is 0 Å². The van der Waals surface area contributed by atoms with Gasteiger partial charge in [0.15, 0.2) is 0 Å². The molecular formula is C16H25ClN2O6S. The lowest BCUT2D eigenvalue weighted by atomic mass is 10.2. The molecule has 1 aliphatic heterocycles. The van der Waals surface area contributed by atoms with Gasteiger partial charge in [0.1, 0.15) is 18.9 Å². The maximum absolute atomic E-state index is 11.7. The van der Waals surface area contributed by atoms with Gasteiger partial charge in [0.05, 0.1) is 19.0 Å². The second kappa shape index (κ2) is 10.7. The largest absolute Gasteiger partial charge is 0.492 e. The first kappa shape index (κ1) is 22.7. The highest BCUT2D eigenvalue weighted by Crippen LogP contribution is 2.11. The minimum atomic E-state index is -3.60. The number of carboxylic acids is 1. The molecule has 10 heteroatoms.